The van der Waals surface area contributed by atoms with Crippen LogP contribution in [0.1, 0.15) is 24.4 Å². The third-order valence-corrected chi connectivity index (χ3v) is 3.93. The quantitative estimate of drug-likeness (QED) is 0.827. The molecule has 2 aromatic heterocycles. The van der Waals surface area contributed by atoms with Gasteiger partial charge in [0.2, 0.25) is 11.8 Å². The number of likely N-dealkylation sites (tertiary alicyclic amines) is 1. The van der Waals surface area contributed by atoms with E-state index in [0.29, 0.717) is 30.4 Å². The van der Waals surface area contributed by atoms with Gasteiger partial charge >= 0.3 is 0 Å². The van der Waals surface area contributed by atoms with Crippen molar-refractivity contribution in [2.45, 2.75) is 32.4 Å². The summed E-state index contributed by atoms with van der Waals surface area (Å²) in [5.74, 6) is 1.41. The second-order valence-electron chi connectivity index (χ2n) is 5.80. The average molecular weight is 332 g/mol. The molecular formula is C16H20N4O4. The van der Waals surface area contributed by atoms with E-state index in [1.807, 2.05) is 4.90 Å². The van der Waals surface area contributed by atoms with Crippen LogP contribution in [-0.2, 0) is 16.1 Å². The van der Waals surface area contributed by atoms with Crippen LogP contribution in [0.4, 0.5) is 5.82 Å². The second kappa shape index (κ2) is 7.31. The van der Waals surface area contributed by atoms with Gasteiger partial charge in [0.25, 0.3) is 0 Å². The van der Waals surface area contributed by atoms with E-state index in [4.69, 9.17) is 8.94 Å². The van der Waals surface area contributed by atoms with Gasteiger partial charge in [-0.15, -0.1) is 0 Å². The molecule has 1 fully saturated rings. The molecule has 0 aliphatic carbocycles. The molecule has 0 unspecified atom stereocenters. The molecule has 3 rings (SSSR count). The molecule has 8 nitrogen and oxygen atoms in total. The Labute approximate surface area is 139 Å². The van der Waals surface area contributed by atoms with Gasteiger partial charge in [0.1, 0.15) is 11.5 Å². The van der Waals surface area contributed by atoms with Gasteiger partial charge < -0.3 is 19.6 Å². The van der Waals surface area contributed by atoms with E-state index < -0.39 is 0 Å². The zero-order valence-electron chi connectivity index (χ0n) is 13.4. The fourth-order valence-electron chi connectivity index (χ4n) is 2.81. The average Bonchev–Trinajstić information content (AvgIpc) is 3.27. The third-order valence-electron chi connectivity index (χ3n) is 3.93. The van der Waals surface area contributed by atoms with Crippen LogP contribution in [0, 0.1) is 6.92 Å². The lowest BCUT2D eigenvalue weighted by Crippen LogP contribution is -2.45. The van der Waals surface area contributed by atoms with Crippen molar-refractivity contribution >= 4 is 17.6 Å². The number of carbonyl (C=O) groups excluding carboxylic acids is 2. The summed E-state index contributed by atoms with van der Waals surface area (Å²) in [6, 6.07) is 4.93. The normalized spacial score (nSPS) is 17.8. The summed E-state index contributed by atoms with van der Waals surface area (Å²) in [6.45, 7) is 2.96. The molecule has 1 atom stereocenters. The third kappa shape index (κ3) is 4.02. The SMILES string of the molecule is Cc1cc(NC(=O)CN2CCC[C@H]2C(=O)NCc2ccco2)no1. The van der Waals surface area contributed by atoms with Crippen molar-refractivity contribution in [1.29, 1.82) is 0 Å². The highest BCUT2D eigenvalue weighted by Gasteiger charge is 2.31. The van der Waals surface area contributed by atoms with E-state index >= 15 is 0 Å². The van der Waals surface area contributed by atoms with E-state index in [-0.39, 0.29) is 24.4 Å². The van der Waals surface area contributed by atoms with Crippen molar-refractivity contribution in [3.8, 4) is 0 Å². The maximum absolute atomic E-state index is 12.3. The first-order valence-electron chi connectivity index (χ1n) is 7.89. The molecule has 128 valence electrons. The largest absolute Gasteiger partial charge is 0.467 e. The van der Waals surface area contributed by atoms with Gasteiger partial charge in [0.15, 0.2) is 5.82 Å². The maximum atomic E-state index is 12.3. The highest BCUT2D eigenvalue weighted by Crippen LogP contribution is 2.17. The van der Waals surface area contributed by atoms with Crippen LogP contribution < -0.4 is 10.6 Å². The molecule has 0 aromatic carbocycles. The molecule has 2 aromatic rings. The van der Waals surface area contributed by atoms with Crippen LogP contribution in [0.2, 0.25) is 0 Å². The Morgan fingerprint density at radius 3 is 3.04 bits per heavy atom. The van der Waals surface area contributed by atoms with Crippen molar-refractivity contribution < 1.29 is 18.5 Å². The van der Waals surface area contributed by atoms with Gasteiger partial charge in [0, 0.05) is 6.07 Å². The number of hydrogen-bond donors (Lipinski definition) is 2. The van der Waals surface area contributed by atoms with Crippen LogP contribution in [-0.4, -0.2) is 41.0 Å². The number of anilines is 1. The first-order valence-corrected chi connectivity index (χ1v) is 7.89. The van der Waals surface area contributed by atoms with Crippen molar-refractivity contribution in [3.63, 3.8) is 0 Å². The zero-order chi connectivity index (χ0) is 16.9. The van der Waals surface area contributed by atoms with Gasteiger partial charge in [-0.3, -0.25) is 14.5 Å². The molecule has 2 N–H and O–H groups in total. The number of hydrogen-bond acceptors (Lipinski definition) is 6. The predicted octanol–water partition coefficient (Wildman–Crippen LogP) is 1.30. The van der Waals surface area contributed by atoms with Gasteiger partial charge in [0.05, 0.1) is 25.4 Å². The van der Waals surface area contributed by atoms with Crippen molar-refractivity contribution in [1.82, 2.24) is 15.4 Å². The Kier molecular flexibility index (Phi) is 4.95. The molecule has 24 heavy (non-hydrogen) atoms. The van der Waals surface area contributed by atoms with E-state index in [2.05, 4.69) is 15.8 Å². The number of nitrogens with zero attached hydrogens (tertiary/aromatic N) is 2. The van der Waals surface area contributed by atoms with Gasteiger partial charge in [-0.2, -0.15) is 0 Å². The van der Waals surface area contributed by atoms with E-state index in [1.54, 1.807) is 31.4 Å². The number of amides is 2. The number of furan rings is 1. The number of nitrogens with one attached hydrogen (secondary N) is 2. The lowest BCUT2D eigenvalue weighted by molar-refractivity contribution is -0.126. The molecule has 2 amide bonds. The molecule has 0 saturated carbocycles. The molecule has 8 heteroatoms. The zero-order valence-corrected chi connectivity index (χ0v) is 13.4. The Morgan fingerprint density at radius 2 is 2.33 bits per heavy atom. The summed E-state index contributed by atoms with van der Waals surface area (Å²) in [5, 5.41) is 9.25. The minimum absolute atomic E-state index is 0.0889. The number of aromatic nitrogens is 1. The van der Waals surface area contributed by atoms with Gasteiger partial charge in [-0.1, -0.05) is 5.16 Å². The fourth-order valence-corrected chi connectivity index (χ4v) is 2.81. The Balaban J connectivity index is 1.50. The van der Waals surface area contributed by atoms with Crippen molar-refractivity contribution in [3.05, 3.63) is 36.0 Å². The maximum Gasteiger partial charge on any atom is 0.239 e. The highest BCUT2D eigenvalue weighted by molar-refractivity contribution is 5.92. The van der Waals surface area contributed by atoms with Crippen LogP contribution in [0.15, 0.2) is 33.4 Å². The topological polar surface area (TPSA) is 101 Å². The molecule has 1 saturated heterocycles. The number of carbonyl (C=O) groups is 2. The van der Waals surface area contributed by atoms with E-state index in [0.717, 1.165) is 12.8 Å². The van der Waals surface area contributed by atoms with E-state index in [1.165, 1.54) is 0 Å². The highest BCUT2D eigenvalue weighted by atomic mass is 16.5. The molecule has 0 spiro atoms. The summed E-state index contributed by atoms with van der Waals surface area (Å²) in [5.41, 5.74) is 0. The molecule has 1 aliphatic heterocycles. The molecule has 3 heterocycles. The second-order valence-corrected chi connectivity index (χ2v) is 5.80. The lowest BCUT2D eigenvalue weighted by Gasteiger charge is -2.22. The predicted molar refractivity (Wildman–Crippen MR) is 85.0 cm³/mol. The van der Waals surface area contributed by atoms with Gasteiger partial charge in [-0.25, -0.2) is 0 Å². The first-order chi connectivity index (χ1) is 11.6. The first kappa shape index (κ1) is 16.3. The van der Waals surface area contributed by atoms with Crippen LogP contribution >= 0.6 is 0 Å². The Bertz CT molecular complexity index is 695. The summed E-state index contributed by atoms with van der Waals surface area (Å²) in [7, 11) is 0. The standard InChI is InChI=1S/C16H20N4O4/c1-11-8-14(19-24-11)18-15(21)10-20-6-2-5-13(20)16(22)17-9-12-4-3-7-23-12/h3-4,7-8,13H,2,5-6,9-10H2,1H3,(H,17,22)(H,18,19,21)/t13-/m0/s1. The molecule has 1 aliphatic rings. The summed E-state index contributed by atoms with van der Waals surface area (Å²) >= 11 is 0. The summed E-state index contributed by atoms with van der Waals surface area (Å²) in [6.07, 6.45) is 3.19. The molecular weight excluding hydrogens is 312 g/mol. The monoisotopic (exact) mass is 332 g/mol. The van der Waals surface area contributed by atoms with Crippen LogP contribution in [0.5, 0.6) is 0 Å². The number of rotatable bonds is 6. The minimum Gasteiger partial charge on any atom is -0.467 e. The Morgan fingerprint density at radius 1 is 1.46 bits per heavy atom. The molecule has 0 radical (unpaired) electrons. The number of aryl methyl sites for hydroxylation is 1. The minimum atomic E-state index is -0.301. The lowest BCUT2D eigenvalue weighted by atomic mass is 10.2. The summed E-state index contributed by atoms with van der Waals surface area (Å²) in [4.78, 5) is 26.3. The van der Waals surface area contributed by atoms with Crippen LogP contribution in [0.3, 0.4) is 0 Å². The fraction of sp³-hybridized carbons (Fsp3) is 0.438. The Hall–Kier alpha value is -2.61. The summed E-state index contributed by atoms with van der Waals surface area (Å²) < 4.78 is 10.1. The van der Waals surface area contributed by atoms with Crippen LogP contribution in [0.25, 0.3) is 0 Å². The van der Waals surface area contributed by atoms with Gasteiger partial charge in [-0.05, 0) is 38.4 Å². The smallest absolute Gasteiger partial charge is 0.239 e. The van der Waals surface area contributed by atoms with E-state index in [9.17, 15) is 9.59 Å². The molecule has 0 bridgehead atoms. The van der Waals surface area contributed by atoms with Crippen molar-refractivity contribution in [2.75, 3.05) is 18.4 Å². The van der Waals surface area contributed by atoms with Crippen molar-refractivity contribution in [2.24, 2.45) is 0 Å².